The van der Waals surface area contributed by atoms with Crippen molar-refractivity contribution in [2.75, 3.05) is 0 Å². The van der Waals surface area contributed by atoms with Gasteiger partial charge in [0.25, 0.3) is 0 Å². The minimum absolute atomic E-state index is 0.417. The molecule has 0 saturated heterocycles. The lowest BCUT2D eigenvalue weighted by Gasteiger charge is -2.23. The zero-order valence-electron chi connectivity index (χ0n) is 14.0. The predicted octanol–water partition coefficient (Wildman–Crippen LogP) is 2.97. The van der Waals surface area contributed by atoms with Gasteiger partial charge in [-0.1, -0.05) is 6.92 Å². The molecule has 3 aromatic rings. The molecule has 7 heteroatoms. The summed E-state index contributed by atoms with van der Waals surface area (Å²) in [4.78, 5) is 9.23. The lowest BCUT2D eigenvalue weighted by Crippen LogP contribution is -2.37. The molecule has 126 valence electrons. The summed E-state index contributed by atoms with van der Waals surface area (Å²) in [5.41, 5.74) is 1.06. The number of nitrogens with one attached hydrogen (secondary N) is 1. The second-order valence-corrected chi connectivity index (χ2v) is 7.01. The van der Waals surface area contributed by atoms with E-state index in [1.165, 1.54) is 0 Å². The number of fused-ring (bicyclic) bond motifs is 1. The highest BCUT2D eigenvalue weighted by atomic mass is 32.1. The first kappa shape index (κ1) is 15.5. The van der Waals surface area contributed by atoms with E-state index in [1.807, 2.05) is 19.1 Å². The van der Waals surface area contributed by atoms with Crippen molar-refractivity contribution >= 4 is 11.3 Å². The first-order valence-electron chi connectivity index (χ1n) is 8.38. The molecule has 0 aliphatic carbocycles. The number of thiazole rings is 1. The molecule has 1 N–H and O–H groups in total. The molecule has 24 heavy (non-hydrogen) atoms. The lowest BCUT2D eigenvalue weighted by molar-refractivity contribution is 0.356. The van der Waals surface area contributed by atoms with Crippen LogP contribution >= 0.6 is 11.3 Å². The minimum Gasteiger partial charge on any atom is -0.459 e. The van der Waals surface area contributed by atoms with E-state index in [9.17, 15) is 0 Å². The number of hydrogen-bond acceptors (Lipinski definition) is 6. The zero-order valence-corrected chi connectivity index (χ0v) is 14.8. The van der Waals surface area contributed by atoms with Gasteiger partial charge in [-0.05, 0) is 25.5 Å². The molecular weight excluding hydrogens is 322 g/mol. The fourth-order valence-corrected chi connectivity index (χ4v) is 3.76. The maximum Gasteiger partial charge on any atom is 0.162 e. The Kier molecular flexibility index (Phi) is 4.20. The second kappa shape index (κ2) is 6.49. The van der Waals surface area contributed by atoms with Gasteiger partial charge in [-0.3, -0.25) is 0 Å². The zero-order chi connectivity index (χ0) is 16.5. The average molecular weight is 343 g/mol. The van der Waals surface area contributed by atoms with E-state index >= 15 is 0 Å². The maximum atomic E-state index is 5.64. The standard InChI is InChI=1S/C17H21N5OS/c1-3-15-20-16-7-5-12(9-22(16)21-15)18-8-13-10-24-17(19-13)14-6-4-11(2)23-14/h4,6,10,12,18H,3,5,7-9H2,1-2H3/t12-/m0/s1. The molecule has 0 fully saturated rings. The highest BCUT2D eigenvalue weighted by molar-refractivity contribution is 7.13. The summed E-state index contributed by atoms with van der Waals surface area (Å²) in [5, 5.41) is 11.2. The molecule has 4 rings (SSSR count). The summed E-state index contributed by atoms with van der Waals surface area (Å²) in [5.74, 6) is 3.83. The van der Waals surface area contributed by atoms with Crippen LogP contribution in [0.5, 0.6) is 0 Å². The van der Waals surface area contributed by atoms with Crippen LogP contribution < -0.4 is 5.32 Å². The highest BCUT2D eigenvalue weighted by Gasteiger charge is 2.21. The highest BCUT2D eigenvalue weighted by Crippen LogP contribution is 2.25. The minimum atomic E-state index is 0.417. The summed E-state index contributed by atoms with van der Waals surface area (Å²) in [7, 11) is 0. The van der Waals surface area contributed by atoms with Gasteiger partial charge in [0.2, 0.25) is 0 Å². The van der Waals surface area contributed by atoms with Crippen LogP contribution in [0.15, 0.2) is 21.9 Å². The van der Waals surface area contributed by atoms with Crippen molar-refractivity contribution in [1.29, 1.82) is 0 Å². The van der Waals surface area contributed by atoms with E-state index in [4.69, 9.17) is 4.42 Å². The summed E-state index contributed by atoms with van der Waals surface area (Å²) in [6, 6.07) is 4.36. The van der Waals surface area contributed by atoms with E-state index in [0.29, 0.717) is 6.04 Å². The molecule has 4 heterocycles. The Bertz CT molecular complexity index is 834. The van der Waals surface area contributed by atoms with E-state index < -0.39 is 0 Å². The second-order valence-electron chi connectivity index (χ2n) is 6.15. The number of furan rings is 1. The molecule has 0 bridgehead atoms. The molecule has 6 nitrogen and oxygen atoms in total. The largest absolute Gasteiger partial charge is 0.459 e. The maximum absolute atomic E-state index is 5.64. The van der Waals surface area contributed by atoms with Crippen molar-refractivity contribution in [2.45, 2.75) is 52.2 Å². The first-order chi connectivity index (χ1) is 11.7. The van der Waals surface area contributed by atoms with Gasteiger partial charge in [0.05, 0.1) is 12.2 Å². The fraction of sp³-hybridized carbons (Fsp3) is 0.471. The number of nitrogens with zero attached hydrogens (tertiary/aromatic N) is 4. The molecule has 0 amide bonds. The molecule has 0 unspecified atom stereocenters. The summed E-state index contributed by atoms with van der Waals surface area (Å²) >= 11 is 1.63. The summed E-state index contributed by atoms with van der Waals surface area (Å²) < 4.78 is 7.69. The van der Waals surface area contributed by atoms with Crippen LogP contribution in [0.3, 0.4) is 0 Å². The molecule has 0 saturated carbocycles. The van der Waals surface area contributed by atoms with Crippen molar-refractivity contribution in [2.24, 2.45) is 0 Å². The van der Waals surface area contributed by atoms with Crippen molar-refractivity contribution in [1.82, 2.24) is 25.1 Å². The lowest BCUT2D eigenvalue weighted by atomic mass is 10.1. The van der Waals surface area contributed by atoms with Crippen LogP contribution in [0.4, 0.5) is 0 Å². The van der Waals surface area contributed by atoms with Crippen molar-refractivity contribution < 1.29 is 4.42 Å². The third-order valence-electron chi connectivity index (χ3n) is 4.29. The molecule has 1 aliphatic rings. The van der Waals surface area contributed by atoms with Crippen LogP contribution in [0.2, 0.25) is 0 Å². The third kappa shape index (κ3) is 3.14. The van der Waals surface area contributed by atoms with E-state index in [-0.39, 0.29) is 0 Å². The molecule has 1 atom stereocenters. The predicted molar refractivity (Wildman–Crippen MR) is 92.9 cm³/mol. The topological polar surface area (TPSA) is 68.8 Å². The van der Waals surface area contributed by atoms with Gasteiger partial charge in [0.1, 0.15) is 11.6 Å². The Hall–Kier alpha value is -1.99. The quantitative estimate of drug-likeness (QED) is 0.771. The average Bonchev–Trinajstić information content (AvgIpc) is 3.30. The third-order valence-corrected chi connectivity index (χ3v) is 5.20. The fourth-order valence-electron chi connectivity index (χ4n) is 2.98. The molecular formula is C17H21N5OS. The van der Waals surface area contributed by atoms with Crippen LogP contribution in [-0.4, -0.2) is 25.8 Å². The van der Waals surface area contributed by atoms with Crippen LogP contribution in [0.25, 0.3) is 10.8 Å². The monoisotopic (exact) mass is 343 g/mol. The normalized spacial score (nSPS) is 17.2. The molecule has 3 aromatic heterocycles. The summed E-state index contributed by atoms with van der Waals surface area (Å²) in [6.45, 7) is 5.70. The smallest absolute Gasteiger partial charge is 0.162 e. The molecule has 0 spiro atoms. The molecule has 0 aromatic carbocycles. The van der Waals surface area contributed by atoms with Gasteiger partial charge in [0.15, 0.2) is 16.6 Å². The molecule has 1 aliphatic heterocycles. The van der Waals surface area contributed by atoms with Crippen molar-refractivity contribution in [3.63, 3.8) is 0 Å². The Labute approximate surface area is 144 Å². The van der Waals surface area contributed by atoms with Crippen LogP contribution in [0, 0.1) is 6.92 Å². The van der Waals surface area contributed by atoms with E-state index in [2.05, 4.69) is 37.4 Å². The van der Waals surface area contributed by atoms with Crippen molar-refractivity contribution in [3.05, 3.63) is 40.6 Å². The van der Waals surface area contributed by atoms with Gasteiger partial charge < -0.3 is 9.73 Å². The van der Waals surface area contributed by atoms with Gasteiger partial charge in [0, 0.05) is 30.8 Å². The number of aromatic nitrogens is 4. The first-order valence-corrected chi connectivity index (χ1v) is 9.26. The van der Waals surface area contributed by atoms with Gasteiger partial charge >= 0.3 is 0 Å². The van der Waals surface area contributed by atoms with Gasteiger partial charge in [-0.15, -0.1) is 11.3 Å². The van der Waals surface area contributed by atoms with Gasteiger partial charge in [-0.25, -0.2) is 14.6 Å². The summed E-state index contributed by atoms with van der Waals surface area (Å²) in [6.07, 6.45) is 2.97. The number of aryl methyl sites for hydroxylation is 3. The van der Waals surface area contributed by atoms with Crippen molar-refractivity contribution in [3.8, 4) is 10.8 Å². The van der Waals surface area contributed by atoms with Crippen LogP contribution in [0.1, 0.15) is 36.4 Å². The van der Waals surface area contributed by atoms with Gasteiger partial charge in [-0.2, -0.15) is 5.10 Å². The SMILES string of the molecule is CCc1nc2n(n1)C[C@@H](NCc1csc(-c3ccc(C)o3)n1)CC2. The number of rotatable bonds is 5. The Morgan fingerprint density at radius 2 is 2.29 bits per heavy atom. The Morgan fingerprint density at radius 1 is 1.38 bits per heavy atom. The van der Waals surface area contributed by atoms with E-state index in [0.717, 1.165) is 66.2 Å². The number of hydrogen-bond donors (Lipinski definition) is 1. The molecule has 0 radical (unpaired) electrons. The van der Waals surface area contributed by atoms with E-state index in [1.54, 1.807) is 11.3 Å². The van der Waals surface area contributed by atoms with Crippen LogP contribution in [-0.2, 0) is 25.9 Å². The Morgan fingerprint density at radius 3 is 3.08 bits per heavy atom. The Balaban J connectivity index is 1.37.